The van der Waals surface area contributed by atoms with Crippen LogP contribution in [-0.2, 0) is 0 Å². The lowest BCUT2D eigenvalue weighted by Crippen LogP contribution is -2.26. The van der Waals surface area contributed by atoms with Crippen LogP contribution in [0, 0.1) is 21.4 Å². The van der Waals surface area contributed by atoms with Crippen molar-refractivity contribution >= 4 is 17.2 Å². The van der Waals surface area contributed by atoms with Crippen LogP contribution < -0.4 is 16.2 Å². The lowest BCUT2D eigenvalue weighted by molar-refractivity contribution is -0.385. The van der Waals surface area contributed by atoms with Crippen LogP contribution in [0.3, 0.4) is 0 Å². The van der Waals surface area contributed by atoms with Gasteiger partial charge in [0.1, 0.15) is 11.6 Å². The number of nitrogens with two attached hydrogens (primary N) is 2. The lowest BCUT2D eigenvalue weighted by atomic mass is 9.80. The number of benzene rings is 2. The maximum Gasteiger partial charge on any atom is 0.273 e. The molecule has 0 fully saturated rings. The largest absolute Gasteiger partial charge is 0.497 e. The lowest BCUT2D eigenvalue weighted by Gasteiger charge is -2.25. The van der Waals surface area contributed by atoms with Crippen LogP contribution in [0.1, 0.15) is 17.0 Å². The number of methoxy groups -OCH3 is 1. The van der Waals surface area contributed by atoms with Crippen molar-refractivity contribution in [2.45, 2.75) is 5.92 Å². The van der Waals surface area contributed by atoms with Gasteiger partial charge in [0.05, 0.1) is 35.3 Å². The Labute approximate surface area is 161 Å². The summed E-state index contributed by atoms with van der Waals surface area (Å²) in [5, 5.41) is 21.5. The number of ether oxygens (including phenoxy) is 1. The number of rotatable bonds is 4. The van der Waals surface area contributed by atoms with Gasteiger partial charge >= 0.3 is 0 Å². The van der Waals surface area contributed by atoms with E-state index >= 15 is 0 Å². The van der Waals surface area contributed by atoms with Crippen molar-refractivity contribution in [3.63, 3.8) is 0 Å². The van der Waals surface area contributed by atoms with Gasteiger partial charge in [-0.05, 0) is 12.1 Å². The third-order valence-electron chi connectivity index (χ3n) is 4.47. The van der Waals surface area contributed by atoms with Crippen LogP contribution in [0.4, 0.5) is 5.69 Å². The molecule has 140 valence electrons. The number of amidine groups is 1. The van der Waals surface area contributed by atoms with E-state index in [1.165, 1.54) is 19.4 Å². The summed E-state index contributed by atoms with van der Waals surface area (Å²) in [6, 6.07) is 15.3. The SMILES string of the molecule is COc1cccc(C2=C(C#N)C(c3ccccc3[N+](=O)[O-])/C(=C/N)C(N)=N2)c1. The molecule has 8 nitrogen and oxygen atoms in total. The van der Waals surface area contributed by atoms with Gasteiger partial charge in [-0.3, -0.25) is 10.1 Å². The fraction of sp³-hybridized carbons (Fsp3) is 0.100. The van der Waals surface area contributed by atoms with Gasteiger partial charge in [-0.2, -0.15) is 5.26 Å². The summed E-state index contributed by atoms with van der Waals surface area (Å²) in [4.78, 5) is 15.4. The number of hydrogen-bond donors (Lipinski definition) is 2. The second-order valence-corrected chi connectivity index (χ2v) is 5.97. The molecule has 1 atom stereocenters. The first kappa shape index (κ1) is 18.7. The Kier molecular flexibility index (Phi) is 5.09. The van der Waals surface area contributed by atoms with Crippen LogP contribution in [0.15, 0.2) is 70.9 Å². The summed E-state index contributed by atoms with van der Waals surface area (Å²) in [6.07, 6.45) is 1.24. The van der Waals surface area contributed by atoms with Crippen molar-refractivity contribution in [2.24, 2.45) is 16.5 Å². The number of nitro groups is 1. The molecule has 0 radical (unpaired) electrons. The van der Waals surface area contributed by atoms with Gasteiger partial charge in [0.15, 0.2) is 0 Å². The molecule has 2 aromatic carbocycles. The summed E-state index contributed by atoms with van der Waals surface area (Å²) < 4.78 is 5.24. The number of para-hydroxylation sites is 1. The van der Waals surface area contributed by atoms with Gasteiger partial charge in [-0.25, -0.2) is 4.99 Å². The first-order valence-electron chi connectivity index (χ1n) is 8.30. The molecular formula is C20H17N5O3. The third kappa shape index (κ3) is 3.17. The van der Waals surface area contributed by atoms with Crippen molar-refractivity contribution in [1.82, 2.24) is 0 Å². The minimum atomic E-state index is -0.810. The van der Waals surface area contributed by atoms with E-state index in [1.54, 1.807) is 42.5 Å². The highest BCUT2D eigenvalue weighted by Gasteiger charge is 2.35. The number of allylic oxidation sites excluding steroid dienone is 1. The molecule has 3 rings (SSSR count). The highest BCUT2D eigenvalue weighted by atomic mass is 16.6. The maximum atomic E-state index is 11.5. The zero-order chi connectivity index (χ0) is 20.3. The minimum absolute atomic E-state index is 0.0995. The van der Waals surface area contributed by atoms with Gasteiger partial charge in [-0.1, -0.05) is 30.3 Å². The van der Waals surface area contributed by atoms with Crippen LogP contribution in [-0.4, -0.2) is 17.9 Å². The Hall–Kier alpha value is -4.12. The van der Waals surface area contributed by atoms with Gasteiger partial charge in [-0.15, -0.1) is 0 Å². The first-order valence-corrected chi connectivity index (χ1v) is 8.30. The number of nitrogens with zero attached hydrogens (tertiary/aromatic N) is 3. The van der Waals surface area contributed by atoms with Gasteiger partial charge < -0.3 is 16.2 Å². The highest BCUT2D eigenvalue weighted by molar-refractivity contribution is 6.05. The van der Waals surface area contributed by atoms with Crippen molar-refractivity contribution in [3.8, 4) is 11.8 Å². The summed E-state index contributed by atoms with van der Waals surface area (Å²) in [5.41, 5.74) is 13.6. The molecule has 4 N–H and O–H groups in total. The average molecular weight is 375 g/mol. The molecule has 1 aliphatic heterocycles. The van der Waals surface area contributed by atoms with Crippen LogP contribution in [0.2, 0.25) is 0 Å². The van der Waals surface area contributed by atoms with E-state index in [4.69, 9.17) is 16.2 Å². The molecule has 1 unspecified atom stereocenters. The zero-order valence-corrected chi connectivity index (χ0v) is 15.0. The van der Waals surface area contributed by atoms with Gasteiger partial charge in [0.2, 0.25) is 0 Å². The summed E-state index contributed by atoms with van der Waals surface area (Å²) >= 11 is 0. The van der Waals surface area contributed by atoms with Crippen LogP contribution in [0.25, 0.3) is 5.70 Å². The van der Waals surface area contributed by atoms with E-state index in [1.807, 2.05) is 0 Å². The monoisotopic (exact) mass is 375 g/mol. The topological polar surface area (TPSA) is 141 Å². The zero-order valence-electron chi connectivity index (χ0n) is 15.0. The van der Waals surface area contributed by atoms with E-state index < -0.39 is 10.8 Å². The summed E-state index contributed by atoms with van der Waals surface area (Å²) in [7, 11) is 1.53. The smallest absolute Gasteiger partial charge is 0.273 e. The van der Waals surface area contributed by atoms with Gasteiger partial charge in [0, 0.05) is 29.0 Å². The molecular weight excluding hydrogens is 358 g/mol. The molecule has 0 saturated heterocycles. The maximum absolute atomic E-state index is 11.5. The standard InChI is InChI=1S/C20H17N5O3/c1-28-13-6-4-5-12(9-13)19-15(10-21)18(16(11-22)20(23)24-19)14-7-2-3-8-17(14)25(26)27/h2-9,11,18H,22H2,1H3,(H2,23,24)/b16-11-. The Balaban J connectivity index is 2.31. The molecule has 1 aliphatic rings. The molecule has 0 bridgehead atoms. The fourth-order valence-corrected chi connectivity index (χ4v) is 3.20. The minimum Gasteiger partial charge on any atom is -0.497 e. The molecule has 0 aromatic heterocycles. The summed E-state index contributed by atoms with van der Waals surface area (Å²) in [5.74, 6) is -0.128. The number of hydrogen-bond acceptors (Lipinski definition) is 7. The van der Waals surface area contributed by atoms with Crippen LogP contribution in [0.5, 0.6) is 5.75 Å². The average Bonchev–Trinajstić information content (AvgIpc) is 2.72. The van der Waals surface area contributed by atoms with Crippen LogP contribution >= 0.6 is 0 Å². The van der Waals surface area contributed by atoms with E-state index in [0.29, 0.717) is 28.1 Å². The molecule has 0 aliphatic carbocycles. The molecule has 8 heteroatoms. The van der Waals surface area contributed by atoms with E-state index in [9.17, 15) is 15.4 Å². The number of aliphatic imine (C=N–C) groups is 1. The first-order chi connectivity index (χ1) is 13.5. The highest BCUT2D eigenvalue weighted by Crippen LogP contribution is 2.43. The predicted octanol–water partition coefficient (Wildman–Crippen LogP) is 2.84. The van der Waals surface area contributed by atoms with E-state index in [0.717, 1.165) is 0 Å². The van der Waals surface area contributed by atoms with Crippen molar-refractivity contribution in [1.29, 1.82) is 5.26 Å². The number of nitriles is 1. The van der Waals surface area contributed by atoms with Gasteiger partial charge in [0.25, 0.3) is 5.69 Å². The Morgan fingerprint density at radius 3 is 2.68 bits per heavy atom. The number of nitro benzene ring substituents is 1. The van der Waals surface area contributed by atoms with Crippen molar-refractivity contribution in [3.05, 3.63) is 87.1 Å². The normalized spacial score (nSPS) is 17.8. The van der Waals surface area contributed by atoms with Crippen molar-refractivity contribution < 1.29 is 9.66 Å². The Morgan fingerprint density at radius 2 is 2.04 bits per heavy atom. The molecule has 28 heavy (non-hydrogen) atoms. The molecule has 2 aromatic rings. The Bertz CT molecular complexity index is 1080. The second-order valence-electron chi connectivity index (χ2n) is 5.97. The molecule has 1 heterocycles. The molecule has 0 spiro atoms. The quantitative estimate of drug-likeness (QED) is 0.622. The summed E-state index contributed by atoms with van der Waals surface area (Å²) in [6.45, 7) is 0. The third-order valence-corrected chi connectivity index (χ3v) is 4.47. The fourth-order valence-electron chi connectivity index (χ4n) is 3.20. The second kappa shape index (κ2) is 7.63. The molecule has 0 saturated carbocycles. The van der Waals surface area contributed by atoms with Crippen molar-refractivity contribution in [2.75, 3.05) is 7.11 Å². The predicted molar refractivity (Wildman–Crippen MR) is 105 cm³/mol. The van der Waals surface area contributed by atoms with E-state index in [-0.39, 0.29) is 17.1 Å². The van der Waals surface area contributed by atoms with E-state index in [2.05, 4.69) is 11.1 Å². The Morgan fingerprint density at radius 1 is 1.29 bits per heavy atom. The molecule has 0 amide bonds.